The minimum atomic E-state index is -0.156. The summed E-state index contributed by atoms with van der Waals surface area (Å²) in [5.74, 6) is 0.650. The molecule has 1 fully saturated rings. The predicted octanol–water partition coefficient (Wildman–Crippen LogP) is 4.06. The molecule has 2 rings (SSSR count). The molecule has 1 aromatic carbocycles. The lowest BCUT2D eigenvalue weighted by Crippen LogP contribution is -2.42. The molecule has 0 bridgehead atoms. The molecule has 94 valence electrons. The van der Waals surface area contributed by atoms with E-state index in [2.05, 4.69) is 39.0 Å². The minimum Gasteiger partial charge on any atom is -0.321 e. The van der Waals surface area contributed by atoms with Crippen molar-refractivity contribution >= 4 is 0 Å². The van der Waals surface area contributed by atoms with E-state index in [9.17, 15) is 0 Å². The Morgan fingerprint density at radius 2 is 1.76 bits per heavy atom. The van der Waals surface area contributed by atoms with E-state index in [0.29, 0.717) is 5.92 Å². The highest BCUT2D eigenvalue weighted by atomic mass is 14.7. The van der Waals surface area contributed by atoms with Gasteiger partial charge in [-0.2, -0.15) is 0 Å². The summed E-state index contributed by atoms with van der Waals surface area (Å²) in [4.78, 5) is 0. The van der Waals surface area contributed by atoms with Crippen LogP contribution in [-0.4, -0.2) is 0 Å². The molecule has 1 aromatic rings. The van der Waals surface area contributed by atoms with E-state index >= 15 is 0 Å². The molecular weight excluding hydrogens is 206 g/mol. The highest BCUT2D eigenvalue weighted by Crippen LogP contribution is 2.38. The van der Waals surface area contributed by atoms with Crippen LogP contribution < -0.4 is 5.73 Å². The van der Waals surface area contributed by atoms with Gasteiger partial charge in [0, 0.05) is 5.54 Å². The number of hydrogen-bond donors (Lipinski definition) is 1. The van der Waals surface area contributed by atoms with Gasteiger partial charge in [0.15, 0.2) is 0 Å². The number of nitrogens with two attached hydrogens (primary N) is 1. The van der Waals surface area contributed by atoms with Gasteiger partial charge in [-0.15, -0.1) is 0 Å². The van der Waals surface area contributed by atoms with Crippen molar-refractivity contribution < 1.29 is 0 Å². The van der Waals surface area contributed by atoms with Crippen LogP contribution in [0.25, 0.3) is 0 Å². The lowest BCUT2D eigenvalue weighted by atomic mass is 9.71. The van der Waals surface area contributed by atoms with Gasteiger partial charge in [0.1, 0.15) is 0 Å². The molecule has 0 spiro atoms. The summed E-state index contributed by atoms with van der Waals surface area (Å²) >= 11 is 0. The van der Waals surface area contributed by atoms with Crippen LogP contribution in [0.4, 0.5) is 0 Å². The van der Waals surface area contributed by atoms with Crippen LogP contribution in [0.2, 0.25) is 0 Å². The molecule has 0 radical (unpaired) electrons. The van der Waals surface area contributed by atoms with Gasteiger partial charge in [0.05, 0.1) is 0 Å². The lowest BCUT2D eigenvalue weighted by Gasteiger charge is -2.38. The van der Waals surface area contributed by atoms with Crippen molar-refractivity contribution in [3.8, 4) is 0 Å². The number of rotatable bonds is 2. The van der Waals surface area contributed by atoms with E-state index in [1.807, 2.05) is 0 Å². The largest absolute Gasteiger partial charge is 0.321 e. The van der Waals surface area contributed by atoms with Gasteiger partial charge in [-0.25, -0.2) is 0 Å². The maximum absolute atomic E-state index is 6.68. The van der Waals surface area contributed by atoms with Crippen molar-refractivity contribution in [3.05, 3.63) is 34.9 Å². The van der Waals surface area contributed by atoms with E-state index in [0.717, 1.165) is 0 Å². The molecule has 0 saturated heterocycles. The summed E-state index contributed by atoms with van der Waals surface area (Å²) in [5.41, 5.74) is 10.5. The summed E-state index contributed by atoms with van der Waals surface area (Å²) < 4.78 is 0. The van der Waals surface area contributed by atoms with Gasteiger partial charge in [0.2, 0.25) is 0 Å². The van der Waals surface area contributed by atoms with Gasteiger partial charge in [-0.1, -0.05) is 43.0 Å². The van der Waals surface area contributed by atoms with E-state index in [4.69, 9.17) is 5.73 Å². The highest BCUT2D eigenvalue weighted by Gasteiger charge is 2.33. The van der Waals surface area contributed by atoms with Gasteiger partial charge >= 0.3 is 0 Å². The smallest absolute Gasteiger partial charge is 0.0412 e. The van der Waals surface area contributed by atoms with Crippen LogP contribution in [0.1, 0.15) is 55.7 Å². The first-order chi connectivity index (χ1) is 8.01. The minimum absolute atomic E-state index is 0.156. The molecule has 0 amide bonds. The fourth-order valence-corrected chi connectivity index (χ4v) is 3.24. The average molecular weight is 231 g/mol. The molecule has 1 nitrogen and oxygen atoms in total. The van der Waals surface area contributed by atoms with Crippen LogP contribution in [0.15, 0.2) is 18.2 Å². The standard InChI is InChI=1S/C16H25N/c1-12-9-10-13(2)15(11-12)16(3,17)14-7-5-4-6-8-14/h9-11,14H,4-8,17H2,1-3H3. The van der Waals surface area contributed by atoms with Gasteiger partial charge in [-0.05, 0) is 50.7 Å². The maximum Gasteiger partial charge on any atom is 0.0412 e. The predicted molar refractivity (Wildman–Crippen MR) is 74.0 cm³/mol. The normalized spacial score (nSPS) is 21.2. The molecule has 1 atom stereocenters. The Hall–Kier alpha value is -0.820. The first-order valence-electron chi connectivity index (χ1n) is 6.88. The van der Waals surface area contributed by atoms with Crippen molar-refractivity contribution in [1.82, 2.24) is 0 Å². The second kappa shape index (κ2) is 4.81. The summed E-state index contributed by atoms with van der Waals surface area (Å²) in [6.45, 7) is 6.56. The van der Waals surface area contributed by atoms with Crippen LogP contribution in [0, 0.1) is 19.8 Å². The molecule has 1 heteroatoms. The van der Waals surface area contributed by atoms with E-state index in [1.54, 1.807) is 0 Å². The quantitative estimate of drug-likeness (QED) is 0.816. The second-order valence-corrected chi connectivity index (χ2v) is 5.94. The zero-order valence-corrected chi connectivity index (χ0v) is 11.4. The fourth-order valence-electron chi connectivity index (χ4n) is 3.24. The summed E-state index contributed by atoms with van der Waals surface area (Å²) in [6.07, 6.45) is 6.67. The molecule has 1 aliphatic carbocycles. The Labute approximate surface area is 105 Å². The van der Waals surface area contributed by atoms with E-state index in [-0.39, 0.29) is 5.54 Å². The summed E-state index contributed by atoms with van der Waals surface area (Å²) in [5, 5.41) is 0. The summed E-state index contributed by atoms with van der Waals surface area (Å²) in [6, 6.07) is 6.67. The maximum atomic E-state index is 6.68. The molecule has 1 unspecified atom stereocenters. The second-order valence-electron chi connectivity index (χ2n) is 5.94. The molecule has 2 N–H and O–H groups in total. The van der Waals surface area contributed by atoms with Crippen LogP contribution in [0.3, 0.4) is 0 Å². The van der Waals surface area contributed by atoms with Crippen molar-refractivity contribution in [2.24, 2.45) is 11.7 Å². The Morgan fingerprint density at radius 1 is 1.12 bits per heavy atom. The SMILES string of the molecule is Cc1ccc(C)c(C(C)(N)C2CCCCC2)c1. The third kappa shape index (κ3) is 2.55. The molecule has 0 aromatic heterocycles. The van der Waals surface area contributed by atoms with Gasteiger partial charge in [-0.3, -0.25) is 0 Å². The first kappa shape index (κ1) is 12.6. The van der Waals surface area contributed by atoms with Crippen molar-refractivity contribution in [2.75, 3.05) is 0 Å². The van der Waals surface area contributed by atoms with Crippen LogP contribution in [0.5, 0.6) is 0 Å². The highest BCUT2D eigenvalue weighted by molar-refractivity contribution is 5.36. The van der Waals surface area contributed by atoms with Gasteiger partial charge in [0.25, 0.3) is 0 Å². The van der Waals surface area contributed by atoms with E-state index in [1.165, 1.54) is 48.8 Å². The zero-order valence-electron chi connectivity index (χ0n) is 11.4. The summed E-state index contributed by atoms with van der Waals surface area (Å²) in [7, 11) is 0. The Bertz CT molecular complexity index is 387. The van der Waals surface area contributed by atoms with Crippen molar-refractivity contribution in [3.63, 3.8) is 0 Å². The number of aryl methyl sites for hydroxylation is 2. The molecule has 0 aliphatic heterocycles. The van der Waals surface area contributed by atoms with Gasteiger partial charge < -0.3 is 5.73 Å². The molecule has 17 heavy (non-hydrogen) atoms. The molecular formula is C16H25N. The van der Waals surface area contributed by atoms with Crippen molar-refractivity contribution in [1.29, 1.82) is 0 Å². The third-order valence-corrected chi connectivity index (χ3v) is 4.43. The topological polar surface area (TPSA) is 26.0 Å². The third-order valence-electron chi connectivity index (χ3n) is 4.43. The molecule has 0 heterocycles. The monoisotopic (exact) mass is 231 g/mol. The Morgan fingerprint density at radius 3 is 2.41 bits per heavy atom. The fraction of sp³-hybridized carbons (Fsp3) is 0.625. The average Bonchev–Trinajstić information content (AvgIpc) is 2.33. The molecule has 1 aliphatic rings. The number of hydrogen-bond acceptors (Lipinski definition) is 1. The van der Waals surface area contributed by atoms with Crippen LogP contribution >= 0.6 is 0 Å². The Kier molecular flexibility index (Phi) is 3.58. The molecule has 1 saturated carbocycles. The zero-order chi connectivity index (χ0) is 12.5. The van der Waals surface area contributed by atoms with Crippen LogP contribution in [-0.2, 0) is 5.54 Å². The van der Waals surface area contributed by atoms with Crippen molar-refractivity contribution in [2.45, 2.75) is 58.4 Å². The lowest BCUT2D eigenvalue weighted by molar-refractivity contribution is 0.223. The first-order valence-corrected chi connectivity index (χ1v) is 6.88. The van der Waals surface area contributed by atoms with E-state index < -0.39 is 0 Å². The number of benzene rings is 1. The Balaban J connectivity index is 2.32.